The Morgan fingerprint density at radius 1 is 1.30 bits per heavy atom. The normalized spacial score (nSPS) is 19.7. The third kappa shape index (κ3) is 3.03. The van der Waals surface area contributed by atoms with Gasteiger partial charge in [0.25, 0.3) is 0 Å². The van der Waals surface area contributed by atoms with Crippen molar-refractivity contribution in [3.05, 3.63) is 52.8 Å². The summed E-state index contributed by atoms with van der Waals surface area (Å²) in [6.45, 7) is 7.71. The highest BCUT2D eigenvalue weighted by Crippen LogP contribution is 2.48. The van der Waals surface area contributed by atoms with Crippen LogP contribution in [0.2, 0.25) is 0 Å². The Kier molecular flexibility index (Phi) is 4.24. The minimum atomic E-state index is 0.143. The summed E-state index contributed by atoms with van der Waals surface area (Å²) >= 11 is 0. The Bertz CT molecular complexity index is 705. The van der Waals surface area contributed by atoms with Crippen LogP contribution in [0, 0.1) is 19.8 Å². The molecule has 4 heteroatoms. The molecule has 1 amide bonds. The summed E-state index contributed by atoms with van der Waals surface area (Å²) in [5.74, 6) is 0.790. The van der Waals surface area contributed by atoms with Crippen molar-refractivity contribution in [3.8, 4) is 0 Å². The predicted octanol–water partition coefficient (Wildman–Crippen LogP) is 3.28. The number of aryl methyl sites for hydroxylation is 2. The van der Waals surface area contributed by atoms with E-state index >= 15 is 0 Å². The molecule has 0 radical (unpaired) electrons. The Balaban J connectivity index is 1.67. The number of aromatic nitrogens is 2. The van der Waals surface area contributed by atoms with Gasteiger partial charge < -0.3 is 4.90 Å². The molecule has 1 fully saturated rings. The molecule has 23 heavy (non-hydrogen) atoms. The van der Waals surface area contributed by atoms with Gasteiger partial charge in [-0.25, -0.2) is 0 Å². The van der Waals surface area contributed by atoms with Gasteiger partial charge in [-0.3, -0.25) is 9.48 Å². The van der Waals surface area contributed by atoms with Crippen molar-refractivity contribution in [1.29, 1.82) is 0 Å². The molecular formula is C19H25N3O. The van der Waals surface area contributed by atoms with E-state index in [0.717, 1.165) is 18.7 Å². The van der Waals surface area contributed by atoms with Crippen molar-refractivity contribution in [1.82, 2.24) is 14.7 Å². The summed E-state index contributed by atoms with van der Waals surface area (Å²) in [5, 5.41) is 4.54. The maximum atomic E-state index is 12.7. The van der Waals surface area contributed by atoms with Gasteiger partial charge in [-0.05, 0) is 38.7 Å². The van der Waals surface area contributed by atoms with Gasteiger partial charge in [0, 0.05) is 37.3 Å². The molecule has 2 aromatic rings. The fourth-order valence-electron chi connectivity index (χ4n) is 3.41. The predicted molar refractivity (Wildman–Crippen MR) is 91.1 cm³/mol. The second-order valence-corrected chi connectivity index (χ2v) is 6.52. The lowest BCUT2D eigenvalue weighted by Gasteiger charge is -2.18. The van der Waals surface area contributed by atoms with Gasteiger partial charge in [0.15, 0.2) is 0 Å². The molecule has 1 aliphatic rings. The number of carbonyl (C=O) groups is 1. The van der Waals surface area contributed by atoms with Gasteiger partial charge in [0.05, 0.1) is 5.69 Å². The van der Waals surface area contributed by atoms with Crippen molar-refractivity contribution in [2.24, 2.45) is 5.92 Å². The highest BCUT2D eigenvalue weighted by Gasteiger charge is 2.45. The van der Waals surface area contributed by atoms with Gasteiger partial charge in [-0.15, -0.1) is 0 Å². The van der Waals surface area contributed by atoms with Crippen LogP contribution >= 0.6 is 0 Å². The van der Waals surface area contributed by atoms with Crippen LogP contribution in [-0.4, -0.2) is 27.6 Å². The Morgan fingerprint density at radius 3 is 2.61 bits per heavy atom. The van der Waals surface area contributed by atoms with Crippen molar-refractivity contribution in [2.75, 3.05) is 7.05 Å². The van der Waals surface area contributed by atoms with Crippen LogP contribution in [0.3, 0.4) is 0 Å². The van der Waals surface area contributed by atoms with Crippen LogP contribution in [0.5, 0.6) is 0 Å². The first-order valence-electron chi connectivity index (χ1n) is 8.35. The lowest BCUT2D eigenvalue weighted by atomic mass is 10.1. The van der Waals surface area contributed by atoms with Crippen molar-refractivity contribution in [2.45, 2.75) is 46.2 Å². The molecule has 1 saturated carbocycles. The molecule has 0 unspecified atom stereocenters. The van der Waals surface area contributed by atoms with E-state index in [4.69, 9.17) is 0 Å². The van der Waals surface area contributed by atoms with E-state index in [9.17, 15) is 4.79 Å². The minimum Gasteiger partial charge on any atom is -0.341 e. The molecular weight excluding hydrogens is 286 g/mol. The molecule has 4 nitrogen and oxygen atoms in total. The molecule has 0 saturated heterocycles. The SMILES string of the molecule is CCn1nc(C)c(CN(C)C(=O)[C@H]2C[C@H]2c2ccccc2)c1C. The second kappa shape index (κ2) is 6.19. The summed E-state index contributed by atoms with van der Waals surface area (Å²) in [4.78, 5) is 14.6. The van der Waals surface area contributed by atoms with Crippen molar-refractivity contribution < 1.29 is 4.79 Å². The molecule has 0 bridgehead atoms. The number of benzene rings is 1. The molecule has 1 aliphatic carbocycles. The third-order valence-electron chi connectivity index (χ3n) is 4.94. The quantitative estimate of drug-likeness (QED) is 0.850. The van der Waals surface area contributed by atoms with Crippen LogP contribution in [0.1, 0.15) is 41.8 Å². The summed E-state index contributed by atoms with van der Waals surface area (Å²) in [7, 11) is 1.91. The zero-order valence-corrected chi connectivity index (χ0v) is 14.4. The third-order valence-corrected chi connectivity index (χ3v) is 4.94. The molecule has 0 N–H and O–H groups in total. The first-order valence-corrected chi connectivity index (χ1v) is 8.35. The molecule has 1 aromatic carbocycles. The summed E-state index contributed by atoms with van der Waals surface area (Å²) in [6.07, 6.45) is 0.972. The van der Waals surface area contributed by atoms with Crippen LogP contribution in [0.25, 0.3) is 0 Å². The van der Waals surface area contributed by atoms with E-state index < -0.39 is 0 Å². The molecule has 0 aliphatic heterocycles. The number of nitrogens with zero attached hydrogens (tertiary/aromatic N) is 3. The molecule has 0 spiro atoms. The number of amides is 1. The van der Waals surface area contributed by atoms with Crippen LogP contribution in [-0.2, 0) is 17.9 Å². The van der Waals surface area contributed by atoms with Gasteiger partial charge in [-0.1, -0.05) is 30.3 Å². The van der Waals surface area contributed by atoms with E-state index in [1.807, 2.05) is 41.8 Å². The Hall–Kier alpha value is -2.10. The Morgan fingerprint density at radius 2 is 2.00 bits per heavy atom. The largest absolute Gasteiger partial charge is 0.341 e. The average molecular weight is 311 g/mol. The summed E-state index contributed by atoms with van der Waals surface area (Å²) in [5.41, 5.74) is 4.66. The highest BCUT2D eigenvalue weighted by molar-refractivity contribution is 5.82. The smallest absolute Gasteiger partial charge is 0.226 e. The molecule has 1 heterocycles. The lowest BCUT2D eigenvalue weighted by molar-refractivity contribution is -0.131. The zero-order valence-electron chi connectivity index (χ0n) is 14.4. The van der Waals surface area contributed by atoms with E-state index in [2.05, 4.69) is 31.1 Å². The molecule has 1 aromatic heterocycles. The second-order valence-electron chi connectivity index (χ2n) is 6.52. The van der Waals surface area contributed by atoms with Crippen LogP contribution < -0.4 is 0 Å². The number of rotatable bonds is 5. The van der Waals surface area contributed by atoms with Crippen molar-refractivity contribution >= 4 is 5.91 Å². The first-order chi connectivity index (χ1) is 11.0. The van der Waals surface area contributed by atoms with Crippen LogP contribution in [0.15, 0.2) is 30.3 Å². The topological polar surface area (TPSA) is 38.1 Å². The van der Waals surface area contributed by atoms with Gasteiger partial charge in [0.1, 0.15) is 0 Å². The van der Waals surface area contributed by atoms with Gasteiger partial charge in [0.2, 0.25) is 5.91 Å². The minimum absolute atomic E-state index is 0.143. The standard InChI is InChI=1S/C19H25N3O/c1-5-22-14(3)18(13(2)20-22)12-21(4)19(23)17-11-16(17)15-9-7-6-8-10-15/h6-10,16-17H,5,11-12H2,1-4H3/t16-,17-/m0/s1. The molecule has 122 valence electrons. The summed E-state index contributed by atoms with van der Waals surface area (Å²) < 4.78 is 2.01. The van der Waals surface area contributed by atoms with E-state index in [0.29, 0.717) is 12.5 Å². The fourth-order valence-corrected chi connectivity index (χ4v) is 3.41. The number of carbonyl (C=O) groups excluding carboxylic acids is 1. The molecule has 2 atom stereocenters. The van der Waals surface area contributed by atoms with Crippen molar-refractivity contribution in [3.63, 3.8) is 0 Å². The first kappa shape index (κ1) is 15.8. The number of hydrogen-bond acceptors (Lipinski definition) is 2. The van der Waals surface area contributed by atoms with Gasteiger partial charge >= 0.3 is 0 Å². The number of hydrogen-bond donors (Lipinski definition) is 0. The van der Waals surface area contributed by atoms with E-state index in [1.54, 1.807) is 0 Å². The average Bonchev–Trinajstić information content (AvgIpc) is 3.32. The fraction of sp³-hybridized carbons (Fsp3) is 0.474. The molecule has 3 rings (SSSR count). The van der Waals surface area contributed by atoms with E-state index in [1.165, 1.54) is 16.8 Å². The van der Waals surface area contributed by atoms with Crippen LogP contribution in [0.4, 0.5) is 0 Å². The highest BCUT2D eigenvalue weighted by atomic mass is 16.2. The monoisotopic (exact) mass is 311 g/mol. The lowest BCUT2D eigenvalue weighted by Crippen LogP contribution is -2.28. The maximum absolute atomic E-state index is 12.7. The van der Waals surface area contributed by atoms with Gasteiger partial charge in [-0.2, -0.15) is 5.10 Å². The van der Waals surface area contributed by atoms with E-state index in [-0.39, 0.29) is 11.8 Å². The maximum Gasteiger partial charge on any atom is 0.226 e. The summed E-state index contributed by atoms with van der Waals surface area (Å²) in [6, 6.07) is 10.4. The Labute approximate surface area is 138 Å². The zero-order chi connectivity index (χ0) is 16.6.